The molecule has 0 aliphatic heterocycles. The van der Waals surface area contributed by atoms with Crippen LogP contribution in [-0.4, -0.2) is 29.5 Å². The fourth-order valence-electron chi connectivity index (χ4n) is 3.19. The molecular weight excluding hydrogens is 396 g/mol. The van der Waals surface area contributed by atoms with E-state index in [1.54, 1.807) is 24.7 Å². The van der Waals surface area contributed by atoms with Crippen molar-refractivity contribution in [2.24, 2.45) is 0 Å². The van der Waals surface area contributed by atoms with Crippen LogP contribution >= 0.6 is 0 Å². The predicted molar refractivity (Wildman–Crippen MR) is 116 cm³/mol. The third kappa shape index (κ3) is 4.82. The van der Waals surface area contributed by atoms with E-state index in [1.165, 1.54) is 11.8 Å². The summed E-state index contributed by atoms with van der Waals surface area (Å²) in [5.74, 6) is 0. The molecule has 30 heavy (non-hydrogen) atoms. The van der Waals surface area contributed by atoms with Crippen molar-refractivity contribution in [3.63, 3.8) is 0 Å². The molecule has 0 unspecified atom stereocenters. The van der Waals surface area contributed by atoms with E-state index in [2.05, 4.69) is 26.8 Å². The van der Waals surface area contributed by atoms with Crippen LogP contribution in [0, 0.1) is 0 Å². The van der Waals surface area contributed by atoms with Crippen molar-refractivity contribution in [3.8, 4) is 11.3 Å². The maximum Gasteiger partial charge on any atom is 0.242 e. The second-order valence-electron chi connectivity index (χ2n) is 6.89. The standard InChI is InChI=1S/C23H22N4O2S/c28-30(29,22-11-12-23(25-16-22)20-9-5-2-6-10-20)26-14-13-21-15-24-18-27(21)17-19-7-3-1-4-8-19/h1-12,15-16,18,26H,13-14,17H2. The summed E-state index contributed by atoms with van der Waals surface area (Å²) >= 11 is 0. The van der Waals surface area contributed by atoms with E-state index in [0.717, 1.165) is 17.0 Å². The number of aromatic nitrogens is 3. The van der Waals surface area contributed by atoms with Crippen molar-refractivity contribution in [2.45, 2.75) is 17.9 Å². The number of benzene rings is 2. The van der Waals surface area contributed by atoms with Gasteiger partial charge in [0, 0.05) is 43.2 Å². The summed E-state index contributed by atoms with van der Waals surface area (Å²) < 4.78 is 29.9. The zero-order chi connectivity index (χ0) is 20.8. The number of hydrogen-bond donors (Lipinski definition) is 1. The van der Waals surface area contributed by atoms with Gasteiger partial charge in [-0.2, -0.15) is 0 Å². The third-order valence-corrected chi connectivity index (χ3v) is 6.23. The van der Waals surface area contributed by atoms with Crippen molar-refractivity contribution >= 4 is 10.0 Å². The lowest BCUT2D eigenvalue weighted by molar-refractivity contribution is 0.580. The normalized spacial score (nSPS) is 11.5. The minimum atomic E-state index is -3.63. The first kappa shape index (κ1) is 20.0. The molecule has 0 saturated carbocycles. The van der Waals surface area contributed by atoms with Gasteiger partial charge in [-0.1, -0.05) is 60.7 Å². The summed E-state index contributed by atoms with van der Waals surface area (Å²) in [6.07, 6.45) is 5.47. The average Bonchev–Trinajstić information content (AvgIpc) is 3.22. The zero-order valence-electron chi connectivity index (χ0n) is 16.3. The van der Waals surface area contributed by atoms with Gasteiger partial charge in [0.2, 0.25) is 10.0 Å². The van der Waals surface area contributed by atoms with Crippen LogP contribution in [-0.2, 0) is 23.0 Å². The molecule has 0 spiro atoms. The van der Waals surface area contributed by atoms with Crippen LogP contribution in [0.3, 0.4) is 0 Å². The Morgan fingerprint density at radius 1 is 0.867 bits per heavy atom. The summed E-state index contributed by atoms with van der Waals surface area (Å²) in [5, 5.41) is 0. The summed E-state index contributed by atoms with van der Waals surface area (Å²) in [6, 6.07) is 23.0. The topological polar surface area (TPSA) is 76.9 Å². The fraction of sp³-hybridized carbons (Fsp3) is 0.130. The van der Waals surface area contributed by atoms with Crippen LogP contribution in [0.25, 0.3) is 11.3 Å². The van der Waals surface area contributed by atoms with Crippen molar-refractivity contribution in [1.29, 1.82) is 0 Å². The molecule has 0 fully saturated rings. The van der Waals surface area contributed by atoms with Crippen molar-refractivity contribution in [1.82, 2.24) is 19.3 Å². The first-order chi connectivity index (χ1) is 14.6. The highest BCUT2D eigenvalue weighted by molar-refractivity contribution is 7.89. The van der Waals surface area contributed by atoms with Gasteiger partial charge in [-0.25, -0.2) is 18.1 Å². The lowest BCUT2D eigenvalue weighted by Crippen LogP contribution is -2.26. The van der Waals surface area contributed by atoms with Gasteiger partial charge in [-0.15, -0.1) is 0 Å². The van der Waals surface area contributed by atoms with E-state index in [-0.39, 0.29) is 11.4 Å². The summed E-state index contributed by atoms with van der Waals surface area (Å²) in [6.45, 7) is 0.983. The number of nitrogens with one attached hydrogen (secondary N) is 1. The highest BCUT2D eigenvalue weighted by atomic mass is 32.2. The molecule has 2 aromatic carbocycles. The van der Waals surface area contributed by atoms with Gasteiger partial charge >= 0.3 is 0 Å². The second-order valence-corrected chi connectivity index (χ2v) is 8.66. The second kappa shape index (κ2) is 9.02. The van der Waals surface area contributed by atoms with E-state index < -0.39 is 10.0 Å². The van der Waals surface area contributed by atoms with Crippen molar-refractivity contribution < 1.29 is 8.42 Å². The van der Waals surface area contributed by atoms with E-state index in [1.807, 2.05) is 53.1 Å². The van der Waals surface area contributed by atoms with Gasteiger partial charge in [0.05, 0.1) is 12.0 Å². The van der Waals surface area contributed by atoms with Gasteiger partial charge in [0.25, 0.3) is 0 Å². The zero-order valence-corrected chi connectivity index (χ0v) is 17.2. The molecule has 0 atom stereocenters. The molecule has 1 N–H and O–H groups in total. The fourth-order valence-corrected chi connectivity index (χ4v) is 4.17. The van der Waals surface area contributed by atoms with E-state index >= 15 is 0 Å². The van der Waals surface area contributed by atoms with Gasteiger partial charge in [-0.3, -0.25) is 4.98 Å². The minimum absolute atomic E-state index is 0.153. The van der Waals surface area contributed by atoms with Crippen molar-refractivity contribution in [3.05, 3.63) is 103 Å². The number of rotatable bonds is 8. The van der Waals surface area contributed by atoms with Crippen LogP contribution in [0.2, 0.25) is 0 Å². The smallest absolute Gasteiger partial charge is 0.242 e. The molecule has 6 nitrogen and oxygen atoms in total. The Kier molecular flexibility index (Phi) is 6.02. The molecule has 4 aromatic rings. The highest BCUT2D eigenvalue weighted by Gasteiger charge is 2.15. The minimum Gasteiger partial charge on any atom is -0.330 e. The Labute approximate surface area is 176 Å². The Balaban J connectivity index is 1.38. The van der Waals surface area contributed by atoms with Crippen LogP contribution in [0.4, 0.5) is 0 Å². The SMILES string of the molecule is O=S(=O)(NCCc1cncn1Cc1ccccc1)c1ccc(-c2ccccc2)nc1. The average molecular weight is 419 g/mol. The summed E-state index contributed by atoms with van der Waals surface area (Å²) in [4.78, 5) is 8.66. The predicted octanol–water partition coefficient (Wildman–Crippen LogP) is 3.51. The largest absolute Gasteiger partial charge is 0.330 e. The van der Waals surface area contributed by atoms with Crippen LogP contribution in [0.5, 0.6) is 0 Å². The summed E-state index contributed by atoms with van der Waals surface area (Å²) in [7, 11) is -3.63. The van der Waals surface area contributed by atoms with Gasteiger partial charge < -0.3 is 4.57 Å². The summed E-state index contributed by atoms with van der Waals surface area (Å²) in [5.41, 5.74) is 3.82. The number of imidazole rings is 1. The Hall–Kier alpha value is -3.29. The Morgan fingerprint density at radius 2 is 1.60 bits per heavy atom. The maximum absolute atomic E-state index is 12.6. The lowest BCUT2D eigenvalue weighted by atomic mass is 10.1. The molecule has 0 amide bonds. The van der Waals surface area contributed by atoms with Crippen LogP contribution < -0.4 is 4.72 Å². The highest BCUT2D eigenvalue weighted by Crippen LogP contribution is 2.18. The van der Waals surface area contributed by atoms with Gasteiger partial charge in [0.1, 0.15) is 4.90 Å². The van der Waals surface area contributed by atoms with Gasteiger partial charge in [0.15, 0.2) is 0 Å². The molecule has 0 aliphatic carbocycles. The van der Waals surface area contributed by atoms with Gasteiger partial charge in [-0.05, 0) is 17.7 Å². The third-order valence-electron chi connectivity index (χ3n) is 4.78. The van der Waals surface area contributed by atoms with Crippen LogP contribution in [0.15, 0.2) is 96.4 Å². The first-order valence-electron chi connectivity index (χ1n) is 9.66. The Bertz CT molecular complexity index is 1190. The first-order valence-corrected chi connectivity index (χ1v) is 11.1. The van der Waals surface area contributed by atoms with Crippen LogP contribution in [0.1, 0.15) is 11.3 Å². The maximum atomic E-state index is 12.6. The molecule has 7 heteroatoms. The molecule has 0 bridgehead atoms. The number of sulfonamides is 1. The van der Waals surface area contributed by atoms with E-state index in [4.69, 9.17) is 0 Å². The number of hydrogen-bond acceptors (Lipinski definition) is 4. The quantitative estimate of drug-likeness (QED) is 0.475. The van der Waals surface area contributed by atoms with E-state index in [9.17, 15) is 8.42 Å². The number of nitrogens with zero attached hydrogens (tertiary/aromatic N) is 3. The molecule has 0 saturated heterocycles. The molecule has 152 valence electrons. The monoisotopic (exact) mass is 418 g/mol. The number of pyridine rings is 1. The van der Waals surface area contributed by atoms with Crippen molar-refractivity contribution in [2.75, 3.05) is 6.54 Å². The molecular formula is C23H22N4O2S. The van der Waals surface area contributed by atoms with E-state index in [0.29, 0.717) is 13.0 Å². The lowest BCUT2D eigenvalue weighted by Gasteiger charge is -2.10. The molecule has 0 aliphatic rings. The molecule has 4 rings (SSSR count). The molecule has 2 heterocycles. The molecule has 0 radical (unpaired) electrons. The Morgan fingerprint density at radius 3 is 2.30 bits per heavy atom. The molecule has 2 aromatic heterocycles.